The number of benzene rings is 9. The largest absolute Gasteiger partial charge is 0.308 e. The van der Waals surface area contributed by atoms with Gasteiger partial charge in [-0.1, -0.05) is 176 Å². The van der Waals surface area contributed by atoms with E-state index in [0.717, 1.165) is 66.3 Å². The van der Waals surface area contributed by atoms with Crippen molar-refractivity contribution in [3.63, 3.8) is 0 Å². The molecular formula is C57H35N5S. The number of fused-ring (bicyclic) bond motifs is 10. The molecule has 0 aliphatic rings. The Hall–Kier alpha value is -8.19. The molecule has 4 heterocycles. The summed E-state index contributed by atoms with van der Waals surface area (Å²) in [4.78, 5) is 15.9. The number of aromatic nitrogens is 5. The standard InChI is InChI=1S/C57H35N5S/c1-4-16-36(17-5-1)39-28-30-41(37-18-6-2-7-19-37)50(34-39)61-47-25-13-10-22-42(47)45-32-33-49-53(54(45)61)46-24-11-14-26-48(46)62(49)57-59-55(38-20-8-3-9-21-38)58-56(60-57)40-29-31-44-43-23-12-15-27-51(43)63-52(44)35-40/h1-35H. The first-order valence-corrected chi connectivity index (χ1v) is 22.0. The van der Waals surface area contributed by atoms with Gasteiger partial charge in [-0.3, -0.25) is 4.57 Å². The molecule has 0 unspecified atom stereocenters. The molecule has 294 valence electrons. The third-order valence-electron chi connectivity index (χ3n) is 12.4. The normalized spacial score (nSPS) is 11.8. The Kier molecular flexibility index (Phi) is 8.01. The van der Waals surface area contributed by atoms with Gasteiger partial charge in [0.1, 0.15) is 0 Å². The number of hydrogen-bond acceptors (Lipinski definition) is 4. The fourth-order valence-electron chi connectivity index (χ4n) is 9.54. The molecule has 0 spiro atoms. The van der Waals surface area contributed by atoms with E-state index in [2.05, 4.69) is 203 Å². The van der Waals surface area contributed by atoms with Gasteiger partial charge >= 0.3 is 0 Å². The Morgan fingerprint density at radius 2 is 0.905 bits per heavy atom. The first kappa shape index (κ1) is 35.6. The zero-order valence-corrected chi connectivity index (χ0v) is 34.7. The molecule has 13 aromatic rings. The average Bonchev–Trinajstić information content (AvgIpc) is 4.02. The summed E-state index contributed by atoms with van der Waals surface area (Å²) in [6, 6.07) is 75.7. The van der Waals surface area contributed by atoms with Crippen molar-refractivity contribution in [2.75, 3.05) is 0 Å². The van der Waals surface area contributed by atoms with E-state index < -0.39 is 0 Å². The van der Waals surface area contributed by atoms with E-state index in [1.807, 2.05) is 18.2 Å². The second kappa shape index (κ2) is 14.2. The quantitative estimate of drug-likeness (QED) is 0.168. The highest BCUT2D eigenvalue weighted by Gasteiger charge is 2.24. The van der Waals surface area contributed by atoms with E-state index >= 15 is 0 Å². The van der Waals surface area contributed by atoms with Gasteiger partial charge in [0.05, 0.1) is 27.8 Å². The fraction of sp³-hybridized carbons (Fsp3) is 0. The monoisotopic (exact) mass is 821 g/mol. The van der Waals surface area contributed by atoms with Crippen LogP contribution in [0.3, 0.4) is 0 Å². The van der Waals surface area contributed by atoms with Crippen molar-refractivity contribution >= 4 is 75.1 Å². The minimum Gasteiger partial charge on any atom is -0.308 e. The van der Waals surface area contributed by atoms with Gasteiger partial charge in [-0.15, -0.1) is 11.3 Å². The van der Waals surface area contributed by atoms with E-state index in [1.165, 1.54) is 36.5 Å². The van der Waals surface area contributed by atoms with Crippen molar-refractivity contribution in [2.45, 2.75) is 0 Å². The van der Waals surface area contributed by atoms with Crippen molar-refractivity contribution in [3.8, 4) is 56.7 Å². The predicted octanol–water partition coefficient (Wildman–Crippen LogP) is 15.1. The molecule has 6 heteroatoms. The topological polar surface area (TPSA) is 48.5 Å². The van der Waals surface area contributed by atoms with E-state index in [9.17, 15) is 0 Å². The molecule has 0 aliphatic heterocycles. The Labute approximate surface area is 366 Å². The molecule has 9 aromatic carbocycles. The van der Waals surface area contributed by atoms with Crippen LogP contribution in [0.4, 0.5) is 0 Å². The van der Waals surface area contributed by atoms with Gasteiger partial charge in [0.25, 0.3) is 0 Å². The van der Waals surface area contributed by atoms with Crippen molar-refractivity contribution in [2.24, 2.45) is 0 Å². The molecule has 0 saturated carbocycles. The molecule has 4 aromatic heterocycles. The number of thiophene rings is 1. The lowest BCUT2D eigenvalue weighted by Gasteiger charge is -2.17. The van der Waals surface area contributed by atoms with Crippen molar-refractivity contribution in [1.82, 2.24) is 24.1 Å². The van der Waals surface area contributed by atoms with Crippen molar-refractivity contribution in [1.29, 1.82) is 0 Å². The molecular weight excluding hydrogens is 787 g/mol. The molecule has 0 atom stereocenters. The van der Waals surface area contributed by atoms with Crippen LogP contribution in [0.1, 0.15) is 0 Å². The average molecular weight is 822 g/mol. The van der Waals surface area contributed by atoms with Crippen LogP contribution in [0.5, 0.6) is 0 Å². The van der Waals surface area contributed by atoms with Crippen LogP contribution in [0.15, 0.2) is 212 Å². The van der Waals surface area contributed by atoms with Gasteiger partial charge in [-0.25, -0.2) is 4.98 Å². The van der Waals surface area contributed by atoms with Gasteiger partial charge in [0, 0.05) is 58.4 Å². The summed E-state index contributed by atoms with van der Waals surface area (Å²) in [6.45, 7) is 0. The Morgan fingerprint density at radius 1 is 0.333 bits per heavy atom. The van der Waals surface area contributed by atoms with E-state index in [4.69, 9.17) is 15.0 Å². The lowest BCUT2D eigenvalue weighted by Crippen LogP contribution is -2.06. The summed E-state index contributed by atoms with van der Waals surface area (Å²) in [5.41, 5.74) is 12.0. The Balaban J connectivity index is 1.12. The third kappa shape index (κ3) is 5.66. The molecule has 13 rings (SSSR count). The second-order valence-corrected chi connectivity index (χ2v) is 17.1. The minimum atomic E-state index is 0.569. The molecule has 0 bridgehead atoms. The van der Waals surface area contributed by atoms with Crippen LogP contribution in [0, 0.1) is 0 Å². The van der Waals surface area contributed by atoms with Gasteiger partial charge in [-0.05, 0) is 53.1 Å². The lowest BCUT2D eigenvalue weighted by molar-refractivity contribution is 0.954. The van der Waals surface area contributed by atoms with Crippen molar-refractivity contribution < 1.29 is 0 Å². The molecule has 0 saturated heterocycles. The zero-order valence-electron chi connectivity index (χ0n) is 33.9. The van der Waals surface area contributed by atoms with Gasteiger partial charge in [0.15, 0.2) is 11.6 Å². The highest BCUT2D eigenvalue weighted by Crippen LogP contribution is 2.44. The molecule has 0 aliphatic carbocycles. The predicted molar refractivity (Wildman–Crippen MR) is 263 cm³/mol. The minimum absolute atomic E-state index is 0.569. The Morgan fingerprint density at radius 3 is 1.67 bits per heavy atom. The number of hydrogen-bond donors (Lipinski definition) is 0. The van der Waals surface area contributed by atoms with Crippen LogP contribution in [0.25, 0.3) is 120 Å². The van der Waals surface area contributed by atoms with Crippen LogP contribution in [0.2, 0.25) is 0 Å². The third-order valence-corrected chi connectivity index (χ3v) is 13.5. The smallest absolute Gasteiger partial charge is 0.238 e. The van der Waals surface area contributed by atoms with Crippen LogP contribution >= 0.6 is 11.3 Å². The molecule has 0 amide bonds. The maximum atomic E-state index is 5.37. The fourth-order valence-corrected chi connectivity index (χ4v) is 10.7. The SMILES string of the molecule is c1ccc(-c2ccc(-c3ccccc3)c(-n3c4ccccc4c4ccc5c(c6ccccc6n5-c5nc(-c6ccccc6)nc(-c6ccc7c(c6)sc6ccccc67)n5)c43)c2)cc1. The summed E-state index contributed by atoms with van der Waals surface area (Å²) < 4.78 is 7.20. The van der Waals surface area contributed by atoms with Gasteiger partial charge in [-0.2, -0.15) is 9.97 Å². The Bertz CT molecular complexity index is 3900. The summed E-state index contributed by atoms with van der Waals surface area (Å²) in [5, 5.41) is 7.14. The highest BCUT2D eigenvalue weighted by atomic mass is 32.1. The second-order valence-electron chi connectivity index (χ2n) is 16.0. The number of para-hydroxylation sites is 2. The van der Waals surface area contributed by atoms with Crippen molar-refractivity contribution in [3.05, 3.63) is 212 Å². The maximum absolute atomic E-state index is 5.37. The first-order chi connectivity index (χ1) is 31.2. The molecule has 0 fully saturated rings. The molecule has 0 radical (unpaired) electrons. The lowest BCUT2D eigenvalue weighted by atomic mass is 9.97. The van der Waals surface area contributed by atoms with E-state index in [0.29, 0.717) is 17.6 Å². The molecule has 63 heavy (non-hydrogen) atoms. The number of nitrogens with zero attached hydrogens (tertiary/aromatic N) is 5. The highest BCUT2D eigenvalue weighted by molar-refractivity contribution is 7.25. The van der Waals surface area contributed by atoms with Gasteiger partial charge in [0.2, 0.25) is 5.95 Å². The summed E-state index contributed by atoms with van der Waals surface area (Å²) in [5.74, 6) is 1.82. The molecule has 5 nitrogen and oxygen atoms in total. The summed E-state index contributed by atoms with van der Waals surface area (Å²) >= 11 is 1.80. The first-order valence-electron chi connectivity index (χ1n) is 21.2. The van der Waals surface area contributed by atoms with Gasteiger partial charge < -0.3 is 4.57 Å². The maximum Gasteiger partial charge on any atom is 0.238 e. The summed E-state index contributed by atoms with van der Waals surface area (Å²) in [7, 11) is 0. The van der Waals surface area contributed by atoms with E-state index in [-0.39, 0.29) is 0 Å². The van der Waals surface area contributed by atoms with E-state index in [1.54, 1.807) is 11.3 Å². The van der Waals surface area contributed by atoms with Crippen LogP contribution in [-0.2, 0) is 0 Å². The van der Waals surface area contributed by atoms with Crippen LogP contribution in [-0.4, -0.2) is 24.1 Å². The molecule has 0 N–H and O–H groups in total. The van der Waals surface area contributed by atoms with Crippen LogP contribution < -0.4 is 0 Å². The number of rotatable bonds is 6. The zero-order chi connectivity index (χ0) is 41.4. The summed E-state index contributed by atoms with van der Waals surface area (Å²) in [6.07, 6.45) is 0.